The van der Waals surface area contributed by atoms with Gasteiger partial charge >= 0.3 is 0 Å². The maximum atomic E-state index is 2.46. The lowest BCUT2D eigenvalue weighted by molar-refractivity contribution is 0.0938. The summed E-state index contributed by atoms with van der Waals surface area (Å²) in [5.41, 5.74) is 0.300. The standard InChI is InChI=1S/C11H25N3/c1-6-14(5)11(2)9-12(3)7-8-13(4)10-11/h6-10H2,1-5H3. The second-order valence-corrected chi connectivity index (χ2v) is 4.99. The van der Waals surface area contributed by atoms with E-state index in [0.717, 1.165) is 6.54 Å². The fraction of sp³-hybridized carbons (Fsp3) is 1.00. The Morgan fingerprint density at radius 1 is 1.14 bits per heavy atom. The van der Waals surface area contributed by atoms with Crippen LogP contribution < -0.4 is 0 Å². The SMILES string of the molecule is CCN(C)C1(C)CN(C)CCN(C)C1. The first-order valence-electron chi connectivity index (χ1n) is 5.56. The van der Waals surface area contributed by atoms with Gasteiger partial charge in [0.15, 0.2) is 0 Å². The van der Waals surface area contributed by atoms with E-state index >= 15 is 0 Å². The Balaban J connectivity index is 2.72. The van der Waals surface area contributed by atoms with Crippen molar-refractivity contribution in [3.05, 3.63) is 0 Å². The Morgan fingerprint density at radius 2 is 1.57 bits per heavy atom. The largest absolute Gasteiger partial charge is 0.303 e. The van der Waals surface area contributed by atoms with E-state index < -0.39 is 0 Å². The molecule has 0 unspecified atom stereocenters. The molecule has 0 N–H and O–H groups in total. The zero-order chi connectivity index (χ0) is 10.8. The number of hydrogen-bond donors (Lipinski definition) is 0. The van der Waals surface area contributed by atoms with Gasteiger partial charge in [-0.15, -0.1) is 0 Å². The summed E-state index contributed by atoms with van der Waals surface area (Å²) in [7, 11) is 6.68. The molecule has 0 aliphatic carbocycles. The van der Waals surface area contributed by atoms with Gasteiger partial charge in [-0.25, -0.2) is 0 Å². The number of likely N-dealkylation sites (N-methyl/N-ethyl adjacent to an activating group) is 3. The average molecular weight is 199 g/mol. The molecule has 0 aromatic carbocycles. The minimum atomic E-state index is 0.300. The zero-order valence-electron chi connectivity index (χ0n) is 10.4. The molecule has 0 amide bonds. The Labute approximate surface area is 88.7 Å². The molecular formula is C11H25N3. The maximum absolute atomic E-state index is 2.46. The summed E-state index contributed by atoms with van der Waals surface area (Å²) >= 11 is 0. The third kappa shape index (κ3) is 2.69. The Hall–Kier alpha value is -0.120. The Bertz CT molecular complexity index is 169. The van der Waals surface area contributed by atoms with Crippen LogP contribution in [0.2, 0.25) is 0 Å². The second kappa shape index (κ2) is 4.60. The highest BCUT2D eigenvalue weighted by Gasteiger charge is 2.33. The van der Waals surface area contributed by atoms with Crippen molar-refractivity contribution in [2.24, 2.45) is 0 Å². The van der Waals surface area contributed by atoms with Crippen LogP contribution in [-0.4, -0.2) is 74.1 Å². The topological polar surface area (TPSA) is 9.72 Å². The normalized spacial score (nSPS) is 25.3. The quantitative estimate of drug-likeness (QED) is 0.644. The van der Waals surface area contributed by atoms with Crippen LogP contribution in [0.25, 0.3) is 0 Å². The predicted molar refractivity (Wildman–Crippen MR) is 61.7 cm³/mol. The predicted octanol–water partition coefficient (Wildman–Crippen LogP) is 0.574. The van der Waals surface area contributed by atoms with Crippen LogP contribution in [0.1, 0.15) is 13.8 Å². The highest BCUT2D eigenvalue weighted by atomic mass is 15.3. The molecule has 1 rings (SSSR count). The maximum Gasteiger partial charge on any atom is 0.0431 e. The lowest BCUT2D eigenvalue weighted by atomic mass is 9.99. The number of hydrogen-bond acceptors (Lipinski definition) is 3. The summed E-state index contributed by atoms with van der Waals surface area (Å²) in [5, 5.41) is 0. The van der Waals surface area contributed by atoms with Gasteiger partial charge in [-0.05, 0) is 34.6 Å². The van der Waals surface area contributed by atoms with Crippen molar-refractivity contribution in [2.75, 3.05) is 53.9 Å². The van der Waals surface area contributed by atoms with Crippen LogP contribution in [0.3, 0.4) is 0 Å². The summed E-state index contributed by atoms with van der Waals surface area (Å²) < 4.78 is 0. The van der Waals surface area contributed by atoms with Gasteiger partial charge in [0.05, 0.1) is 0 Å². The molecule has 3 nitrogen and oxygen atoms in total. The van der Waals surface area contributed by atoms with Crippen molar-refractivity contribution in [3.63, 3.8) is 0 Å². The van der Waals surface area contributed by atoms with Crippen molar-refractivity contribution >= 4 is 0 Å². The van der Waals surface area contributed by atoms with Gasteiger partial charge in [-0.2, -0.15) is 0 Å². The van der Waals surface area contributed by atoms with Crippen LogP contribution in [-0.2, 0) is 0 Å². The number of rotatable bonds is 2. The average Bonchev–Trinajstić information content (AvgIpc) is 2.24. The van der Waals surface area contributed by atoms with Gasteiger partial charge in [-0.3, -0.25) is 4.90 Å². The third-order valence-electron chi connectivity index (χ3n) is 3.48. The minimum absolute atomic E-state index is 0.300. The molecule has 14 heavy (non-hydrogen) atoms. The summed E-state index contributed by atoms with van der Waals surface area (Å²) in [5.74, 6) is 0. The van der Waals surface area contributed by atoms with Gasteiger partial charge in [0.25, 0.3) is 0 Å². The van der Waals surface area contributed by atoms with Gasteiger partial charge in [-0.1, -0.05) is 6.92 Å². The number of nitrogens with zero attached hydrogens (tertiary/aromatic N) is 3. The van der Waals surface area contributed by atoms with E-state index in [1.807, 2.05) is 0 Å². The van der Waals surface area contributed by atoms with E-state index in [2.05, 4.69) is 49.7 Å². The Morgan fingerprint density at radius 3 is 1.93 bits per heavy atom. The molecule has 0 atom stereocenters. The van der Waals surface area contributed by atoms with Crippen LogP contribution >= 0.6 is 0 Å². The van der Waals surface area contributed by atoms with E-state index in [1.165, 1.54) is 26.2 Å². The highest BCUT2D eigenvalue weighted by molar-refractivity contribution is 4.91. The molecule has 1 aliphatic heterocycles. The van der Waals surface area contributed by atoms with Gasteiger partial charge in [0, 0.05) is 31.7 Å². The first kappa shape index (κ1) is 12.0. The molecule has 0 aromatic rings. The lowest BCUT2D eigenvalue weighted by Gasteiger charge is -2.40. The molecule has 84 valence electrons. The van der Waals surface area contributed by atoms with E-state index in [9.17, 15) is 0 Å². The van der Waals surface area contributed by atoms with E-state index in [1.54, 1.807) is 0 Å². The first-order valence-corrected chi connectivity index (χ1v) is 5.56. The van der Waals surface area contributed by atoms with Crippen LogP contribution in [0.4, 0.5) is 0 Å². The molecule has 0 aromatic heterocycles. The summed E-state index contributed by atoms with van der Waals surface area (Å²) in [6.07, 6.45) is 0. The lowest BCUT2D eigenvalue weighted by Crippen LogP contribution is -2.54. The fourth-order valence-electron chi connectivity index (χ4n) is 2.34. The molecule has 0 saturated carbocycles. The molecule has 1 saturated heterocycles. The van der Waals surface area contributed by atoms with Gasteiger partial charge < -0.3 is 9.80 Å². The molecular weight excluding hydrogens is 174 g/mol. The highest BCUT2D eigenvalue weighted by Crippen LogP contribution is 2.18. The molecule has 1 fully saturated rings. The van der Waals surface area contributed by atoms with Crippen molar-refractivity contribution < 1.29 is 0 Å². The van der Waals surface area contributed by atoms with Crippen LogP contribution in [0, 0.1) is 0 Å². The van der Waals surface area contributed by atoms with E-state index in [0.29, 0.717) is 5.54 Å². The van der Waals surface area contributed by atoms with Gasteiger partial charge in [0.2, 0.25) is 0 Å². The molecule has 0 spiro atoms. The van der Waals surface area contributed by atoms with E-state index in [-0.39, 0.29) is 0 Å². The van der Waals surface area contributed by atoms with Crippen molar-refractivity contribution in [1.82, 2.24) is 14.7 Å². The van der Waals surface area contributed by atoms with Gasteiger partial charge in [0.1, 0.15) is 0 Å². The first-order chi connectivity index (χ1) is 6.48. The zero-order valence-corrected chi connectivity index (χ0v) is 10.4. The smallest absolute Gasteiger partial charge is 0.0431 e. The summed E-state index contributed by atoms with van der Waals surface area (Å²) in [4.78, 5) is 7.34. The van der Waals surface area contributed by atoms with Crippen molar-refractivity contribution in [2.45, 2.75) is 19.4 Å². The monoisotopic (exact) mass is 199 g/mol. The van der Waals surface area contributed by atoms with Crippen molar-refractivity contribution in [1.29, 1.82) is 0 Å². The molecule has 0 radical (unpaired) electrons. The van der Waals surface area contributed by atoms with E-state index in [4.69, 9.17) is 0 Å². The summed E-state index contributed by atoms with van der Waals surface area (Å²) in [6.45, 7) is 10.4. The Kier molecular flexibility index (Phi) is 3.93. The summed E-state index contributed by atoms with van der Waals surface area (Å²) in [6, 6.07) is 0. The van der Waals surface area contributed by atoms with Crippen molar-refractivity contribution in [3.8, 4) is 0 Å². The molecule has 1 aliphatic rings. The molecule has 1 heterocycles. The minimum Gasteiger partial charge on any atom is -0.303 e. The van der Waals surface area contributed by atoms with Crippen LogP contribution in [0.15, 0.2) is 0 Å². The third-order valence-corrected chi connectivity index (χ3v) is 3.48. The fourth-order valence-corrected chi connectivity index (χ4v) is 2.34. The van der Waals surface area contributed by atoms with Crippen LogP contribution in [0.5, 0.6) is 0 Å². The molecule has 3 heteroatoms. The molecule has 0 bridgehead atoms. The second-order valence-electron chi connectivity index (χ2n) is 4.99.